The summed E-state index contributed by atoms with van der Waals surface area (Å²) < 4.78 is 29.0. The molecule has 0 saturated carbocycles. The lowest BCUT2D eigenvalue weighted by Gasteiger charge is -2.35. The third kappa shape index (κ3) is 4.08. The molecule has 0 spiro atoms. The molecule has 0 aliphatic carbocycles. The second kappa shape index (κ2) is 8.85. The fourth-order valence-electron chi connectivity index (χ4n) is 4.63. The third-order valence-electron chi connectivity index (χ3n) is 6.24. The van der Waals surface area contributed by atoms with Crippen LogP contribution in [0.4, 0.5) is 20.3 Å². The van der Waals surface area contributed by atoms with E-state index < -0.39 is 5.82 Å². The van der Waals surface area contributed by atoms with E-state index in [2.05, 4.69) is 25.2 Å². The molecule has 3 heterocycles. The van der Waals surface area contributed by atoms with Crippen LogP contribution < -0.4 is 16.0 Å². The number of piperidine rings is 1. The summed E-state index contributed by atoms with van der Waals surface area (Å²) in [6, 6.07) is 7.94. The van der Waals surface area contributed by atoms with E-state index in [1.807, 2.05) is 13.0 Å². The average Bonchev–Trinajstić information content (AvgIpc) is 3.22. The average molecular weight is 483 g/mol. The van der Waals surface area contributed by atoms with Gasteiger partial charge in [-0.15, -0.1) is 0 Å². The van der Waals surface area contributed by atoms with Crippen molar-refractivity contribution in [3.8, 4) is 22.5 Å². The molecule has 1 aliphatic rings. The van der Waals surface area contributed by atoms with E-state index in [4.69, 9.17) is 17.3 Å². The molecule has 2 aromatic heterocycles. The summed E-state index contributed by atoms with van der Waals surface area (Å²) in [4.78, 5) is 14.6. The van der Waals surface area contributed by atoms with E-state index in [-0.39, 0.29) is 22.4 Å². The second-order valence-corrected chi connectivity index (χ2v) is 9.14. The number of anilines is 2. The monoisotopic (exact) mass is 482 g/mol. The predicted octanol–water partition coefficient (Wildman–Crippen LogP) is 5.50. The number of aryl methyl sites for hydroxylation is 1. The van der Waals surface area contributed by atoms with Gasteiger partial charge in [-0.25, -0.2) is 18.7 Å². The number of halogens is 3. The summed E-state index contributed by atoms with van der Waals surface area (Å²) in [5, 5.41) is 3.42. The molecule has 176 valence electrons. The molecule has 4 aromatic rings. The number of fused-ring (bicyclic) bond motifs is 1. The zero-order valence-electron chi connectivity index (χ0n) is 18.9. The van der Waals surface area contributed by atoms with Gasteiger partial charge in [0.15, 0.2) is 5.82 Å². The lowest BCUT2D eigenvalue weighted by molar-refractivity contribution is 0.501. The first-order valence-electron chi connectivity index (χ1n) is 11.2. The number of imidazole rings is 1. The fraction of sp³-hybridized carbons (Fsp3) is 0.280. The molecule has 6 nitrogen and oxygen atoms in total. The predicted molar refractivity (Wildman–Crippen MR) is 133 cm³/mol. The van der Waals surface area contributed by atoms with Gasteiger partial charge >= 0.3 is 0 Å². The van der Waals surface area contributed by atoms with Crippen molar-refractivity contribution in [3.63, 3.8) is 0 Å². The van der Waals surface area contributed by atoms with E-state index >= 15 is 0 Å². The largest absolute Gasteiger partial charge is 0.372 e. The van der Waals surface area contributed by atoms with Crippen molar-refractivity contribution in [3.05, 3.63) is 58.7 Å². The maximum atomic E-state index is 14.6. The Kier molecular flexibility index (Phi) is 5.87. The van der Waals surface area contributed by atoms with Crippen LogP contribution in [0.25, 0.3) is 33.5 Å². The highest BCUT2D eigenvalue weighted by Crippen LogP contribution is 2.43. The molecule has 9 heteroatoms. The molecule has 0 bridgehead atoms. The number of benzene rings is 2. The molecular formula is C25H25ClF2N6. The maximum Gasteiger partial charge on any atom is 0.152 e. The van der Waals surface area contributed by atoms with Gasteiger partial charge in [0.25, 0.3) is 0 Å². The fourth-order valence-corrected chi connectivity index (χ4v) is 4.84. The van der Waals surface area contributed by atoms with Crippen LogP contribution in [-0.4, -0.2) is 41.1 Å². The van der Waals surface area contributed by atoms with Gasteiger partial charge < -0.3 is 20.9 Å². The quantitative estimate of drug-likeness (QED) is 0.357. The van der Waals surface area contributed by atoms with Crippen molar-refractivity contribution in [1.82, 2.24) is 15.0 Å². The minimum absolute atomic E-state index is 0.132. The Labute approximate surface area is 201 Å². The van der Waals surface area contributed by atoms with Gasteiger partial charge in [0.2, 0.25) is 0 Å². The van der Waals surface area contributed by atoms with Crippen molar-refractivity contribution in [1.29, 1.82) is 0 Å². The van der Waals surface area contributed by atoms with Crippen LogP contribution in [0.1, 0.15) is 18.4 Å². The Hall–Kier alpha value is -3.23. The molecule has 1 aliphatic heterocycles. The van der Waals surface area contributed by atoms with Crippen LogP contribution in [0, 0.1) is 18.6 Å². The second-order valence-electron chi connectivity index (χ2n) is 8.71. The van der Waals surface area contributed by atoms with Crippen LogP contribution in [0.2, 0.25) is 5.02 Å². The number of nitrogens with zero attached hydrogens (tertiary/aromatic N) is 3. The molecule has 0 radical (unpaired) electrons. The maximum absolute atomic E-state index is 14.6. The van der Waals surface area contributed by atoms with Crippen LogP contribution in [-0.2, 0) is 0 Å². The number of nitrogens with one attached hydrogen (secondary N) is 2. The van der Waals surface area contributed by atoms with E-state index in [0.29, 0.717) is 28.3 Å². The van der Waals surface area contributed by atoms with E-state index in [1.165, 1.54) is 18.2 Å². The Morgan fingerprint density at radius 3 is 2.62 bits per heavy atom. The van der Waals surface area contributed by atoms with Crippen LogP contribution in [0.3, 0.4) is 0 Å². The number of aromatic amines is 1. The van der Waals surface area contributed by atoms with Crippen molar-refractivity contribution in [2.45, 2.75) is 25.8 Å². The van der Waals surface area contributed by atoms with E-state index in [0.717, 1.165) is 42.7 Å². The minimum Gasteiger partial charge on any atom is -0.372 e. The Morgan fingerprint density at radius 2 is 1.91 bits per heavy atom. The third-order valence-corrected chi connectivity index (χ3v) is 6.46. The van der Waals surface area contributed by atoms with Gasteiger partial charge in [0.05, 0.1) is 16.8 Å². The number of hydrogen-bond acceptors (Lipinski definition) is 5. The molecule has 1 saturated heterocycles. The molecular weight excluding hydrogens is 458 g/mol. The van der Waals surface area contributed by atoms with Gasteiger partial charge in [0.1, 0.15) is 23.0 Å². The number of rotatable bonds is 4. The molecule has 0 atom stereocenters. The van der Waals surface area contributed by atoms with Gasteiger partial charge in [-0.05, 0) is 55.2 Å². The number of nitrogens with two attached hydrogens (primary N) is 1. The molecule has 34 heavy (non-hydrogen) atoms. The summed E-state index contributed by atoms with van der Waals surface area (Å²) in [5.74, 6) is 0.202. The SMILES string of the molecule is CNc1ncc(-c2cc(C)cc(F)c2)c(N2CCC(N)CC2)c1-c1nc2c(F)cc(Cl)cc2[nH]1. The molecule has 0 unspecified atom stereocenters. The summed E-state index contributed by atoms with van der Waals surface area (Å²) in [7, 11) is 1.77. The number of hydrogen-bond donors (Lipinski definition) is 3. The van der Waals surface area contributed by atoms with Crippen LogP contribution in [0.5, 0.6) is 0 Å². The lowest BCUT2D eigenvalue weighted by atomic mass is 9.96. The highest BCUT2D eigenvalue weighted by Gasteiger charge is 2.27. The number of pyridine rings is 1. The van der Waals surface area contributed by atoms with Gasteiger partial charge in [-0.2, -0.15) is 0 Å². The Balaban J connectivity index is 1.80. The van der Waals surface area contributed by atoms with Gasteiger partial charge in [0, 0.05) is 43.0 Å². The molecule has 5 rings (SSSR count). The highest BCUT2D eigenvalue weighted by atomic mass is 35.5. The molecule has 1 fully saturated rings. The topological polar surface area (TPSA) is 82.9 Å². The van der Waals surface area contributed by atoms with Gasteiger partial charge in [-0.1, -0.05) is 17.7 Å². The summed E-state index contributed by atoms with van der Waals surface area (Å²) in [6.07, 6.45) is 3.39. The van der Waals surface area contributed by atoms with E-state index in [9.17, 15) is 8.78 Å². The lowest BCUT2D eigenvalue weighted by Crippen LogP contribution is -2.40. The molecule has 2 aromatic carbocycles. The highest BCUT2D eigenvalue weighted by molar-refractivity contribution is 6.31. The van der Waals surface area contributed by atoms with Crippen molar-refractivity contribution in [2.24, 2.45) is 5.73 Å². The van der Waals surface area contributed by atoms with E-state index in [1.54, 1.807) is 19.3 Å². The van der Waals surface area contributed by atoms with Crippen molar-refractivity contribution >= 4 is 34.1 Å². The summed E-state index contributed by atoms with van der Waals surface area (Å²) >= 11 is 6.07. The summed E-state index contributed by atoms with van der Waals surface area (Å²) in [5.41, 5.74) is 10.7. The first kappa shape index (κ1) is 22.6. The first-order chi connectivity index (χ1) is 16.3. The number of H-pyrrole nitrogens is 1. The minimum atomic E-state index is -0.508. The summed E-state index contributed by atoms with van der Waals surface area (Å²) in [6.45, 7) is 3.31. The Morgan fingerprint density at radius 1 is 1.15 bits per heavy atom. The van der Waals surface area contributed by atoms with Gasteiger partial charge in [-0.3, -0.25) is 0 Å². The standard InChI is InChI=1S/C25H25ClF2N6/c1-13-7-14(9-16(27)8-13)18-12-31-24(30-2)21(23(18)34-5-3-17(29)4-6-34)25-32-20-11-15(26)10-19(28)22(20)33-25/h7-12,17H,3-6,29H2,1-2H3,(H,30,31)(H,32,33). The molecule has 4 N–H and O–H groups in total. The van der Waals surface area contributed by atoms with Crippen LogP contribution >= 0.6 is 11.6 Å². The van der Waals surface area contributed by atoms with Crippen LogP contribution in [0.15, 0.2) is 36.5 Å². The van der Waals surface area contributed by atoms with Crippen molar-refractivity contribution < 1.29 is 8.78 Å². The Bertz CT molecular complexity index is 1360. The zero-order valence-corrected chi connectivity index (χ0v) is 19.7. The zero-order chi connectivity index (χ0) is 24.0. The first-order valence-corrected chi connectivity index (χ1v) is 11.6. The normalized spacial score (nSPS) is 14.7. The smallest absolute Gasteiger partial charge is 0.152 e. The van der Waals surface area contributed by atoms with Crippen molar-refractivity contribution in [2.75, 3.05) is 30.4 Å². The molecule has 0 amide bonds. The number of aromatic nitrogens is 3.